The molecule has 0 spiro atoms. The summed E-state index contributed by atoms with van der Waals surface area (Å²) in [6.45, 7) is 3.17. The molecule has 10 nitrogen and oxygen atoms in total. The lowest BCUT2D eigenvalue weighted by atomic mass is 10.1. The van der Waals surface area contributed by atoms with E-state index in [1.165, 1.54) is 0 Å². The summed E-state index contributed by atoms with van der Waals surface area (Å²) < 4.78 is 13.2. The second-order valence-electron chi connectivity index (χ2n) is 8.65. The van der Waals surface area contributed by atoms with Gasteiger partial charge in [0.25, 0.3) is 0 Å². The fraction of sp³-hybridized carbons (Fsp3) is 0.269. The number of rotatable bonds is 7. The number of methoxy groups -OCH3 is 1. The van der Waals surface area contributed by atoms with Crippen molar-refractivity contribution in [1.82, 2.24) is 24.6 Å². The Morgan fingerprint density at radius 3 is 2.89 bits per heavy atom. The maximum absolute atomic E-state index is 9.29. The lowest BCUT2D eigenvalue weighted by Gasteiger charge is -2.30. The molecule has 4 heterocycles. The summed E-state index contributed by atoms with van der Waals surface area (Å²) in [5.74, 6) is 1.43. The predicted octanol–water partition coefficient (Wildman–Crippen LogP) is 3.40. The third-order valence-electron chi connectivity index (χ3n) is 6.46. The number of aliphatic hydroxyl groups is 1. The monoisotopic (exact) mass is 485 g/mol. The minimum atomic E-state index is 0.0745. The molecule has 184 valence electrons. The van der Waals surface area contributed by atoms with E-state index in [2.05, 4.69) is 31.5 Å². The van der Waals surface area contributed by atoms with Crippen molar-refractivity contribution in [2.24, 2.45) is 0 Å². The van der Waals surface area contributed by atoms with Crippen LogP contribution >= 0.6 is 0 Å². The first-order valence-corrected chi connectivity index (χ1v) is 11.9. The van der Waals surface area contributed by atoms with Gasteiger partial charge in [0.2, 0.25) is 0 Å². The second kappa shape index (κ2) is 9.48. The van der Waals surface area contributed by atoms with E-state index in [4.69, 9.17) is 14.5 Å². The molecule has 0 bridgehead atoms. The molecular formula is C26H27N7O3. The summed E-state index contributed by atoms with van der Waals surface area (Å²) in [5, 5.41) is 21.2. The van der Waals surface area contributed by atoms with Crippen LogP contribution in [0, 0.1) is 0 Å². The van der Waals surface area contributed by atoms with Crippen LogP contribution in [0.25, 0.3) is 27.8 Å². The van der Waals surface area contributed by atoms with E-state index in [0.29, 0.717) is 25.5 Å². The average Bonchev–Trinajstić information content (AvgIpc) is 3.56. The van der Waals surface area contributed by atoms with Crippen molar-refractivity contribution < 1.29 is 14.6 Å². The number of nitrogens with one attached hydrogen (secondary N) is 2. The van der Waals surface area contributed by atoms with E-state index in [1.807, 2.05) is 47.1 Å². The Kier molecular flexibility index (Phi) is 5.88. The number of fused-ring (bicyclic) bond motifs is 2. The van der Waals surface area contributed by atoms with Crippen LogP contribution in [0.1, 0.15) is 5.69 Å². The van der Waals surface area contributed by atoms with Crippen molar-refractivity contribution in [2.75, 3.05) is 50.2 Å². The highest BCUT2D eigenvalue weighted by molar-refractivity contribution is 5.86. The van der Waals surface area contributed by atoms with Gasteiger partial charge in [-0.3, -0.25) is 5.10 Å². The van der Waals surface area contributed by atoms with Crippen molar-refractivity contribution in [3.63, 3.8) is 0 Å². The van der Waals surface area contributed by atoms with Crippen LogP contribution in [0.4, 0.5) is 17.2 Å². The summed E-state index contributed by atoms with van der Waals surface area (Å²) in [7, 11) is 1.69. The molecule has 3 aromatic heterocycles. The minimum Gasteiger partial charge on any atom is -0.495 e. The van der Waals surface area contributed by atoms with E-state index in [-0.39, 0.29) is 6.61 Å². The van der Waals surface area contributed by atoms with Crippen LogP contribution < -0.4 is 15.0 Å². The fourth-order valence-corrected chi connectivity index (χ4v) is 4.64. The number of nitrogens with zero attached hydrogens (tertiary/aromatic N) is 5. The van der Waals surface area contributed by atoms with Crippen LogP contribution in [0.15, 0.2) is 55.0 Å². The number of morpholine rings is 1. The third-order valence-corrected chi connectivity index (χ3v) is 6.46. The number of hydrogen-bond acceptors (Lipinski definition) is 8. The highest BCUT2D eigenvalue weighted by Gasteiger charge is 2.17. The maximum atomic E-state index is 9.29. The highest BCUT2D eigenvalue weighted by atomic mass is 16.5. The number of imidazole rings is 1. The molecule has 5 aromatic rings. The Labute approximate surface area is 207 Å². The summed E-state index contributed by atoms with van der Waals surface area (Å²) in [6, 6.07) is 12.1. The zero-order valence-corrected chi connectivity index (χ0v) is 19.9. The molecule has 1 aliphatic rings. The van der Waals surface area contributed by atoms with Crippen molar-refractivity contribution in [1.29, 1.82) is 0 Å². The Morgan fingerprint density at radius 1 is 1.17 bits per heavy atom. The van der Waals surface area contributed by atoms with E-state index in [9.17, 15) is 5.11 Å². The van der Waals surface area contributed by atoms with Gasteiger partial charge < -0.3 is 29.2 Å². The van der Waals surface area contributed by atoms with Gasteiger partial charge in [0, 0.05) is 73.1 Å². The topological polar surface area (TPSA) is 113 Å². The number of H-pyrrole nitrogens is 1. The van der Waals surface area contributed by atoms with Gasteiger partial charge in [-0.15, -0.1) is 0 Å². The largest absolute Gasteiger partial charge is 0.495 e. The highest BCUT2D eigenvalue weighted by Crippen LogP contribution is 2.34. The van der Waals surface area contributed by atoms with Gasteiger partial charge in [-0.25, -0.2) is 9.97 Å². The van der Waals surface area contributed by atoms with E-state index >= 15 is 0 Å². The van der Waals surface area contributed by atoms with E-state index in [0.717, 1.165) is 63.7 Å². The van der Waals surface area contributed by atoms with Crippen molar-refractivity contribution in [2.45, 2.75) is 6.42 Å². The van der Waals surface area contributed by atoms with Crippen LogP contribution in [-0.2, 0) is 11.2 Å². The lowest BCUT2D eigenvalue weighted by molar-refractivity contribution is 0.122. The summed E-state index contributed by atoms with van der Waals surface area (Å²) in [5.41, 5.74) is 6.11. The number of anilines is 3. The number of aliphatic hydroxyl groups excluding tert-OH is 1. The molecule has 3 N–H and O–H groups in total. The Bertz CT molecular complexity index is 1520. The van der Waals surface area contributed by atoms with Crippen LogP contribution in [0.2, 0.25) is 0 Å². The molecule has 1 saturated heterocycles. The molecule has 1 aliphatic heterocycles. The molecule has 2 aromatic carbocycles. The van der Waals surface area contributed by atoms with Crippen molar-refractivity contribution >= 4 is 33.7 Å². The van der Waals surface area contributed by atoms with Gasteiger partial charge in [-0.2, -0.15) is 5.10 Å². The Balaban J connectivity index is 1.35. The molecule has 0 amide bonds. The van der Waals surface area contributed by atoms with E-state index < -0.39 is 0 Å². The number of aromatic amines is 1. The molecule has 10 heteroatoms. The standard InChI is InChI=1S/C26H27N7O3/c1-35-24-15-18(3-5-23(24)32-9-12-36-13-10-32)28-25-26-27-7-8-33(26)16-22(29-25)17-2-4-19-20(6-11-34)30-31-21(19)14-17/h2-5,7-8,14-16,34H,6,9-13H2,1H3,(H,28,29)(H,30,31). The maximum Gasteiger partial charge on any atom is 0.180 e. The number of hydrogen-bond donors (Lipinski definition) is 3. The van der Waals surface area contributed by atoms with Gasteiger partial charge in [0.15, 0.2) is 11.5 Å². The molecular weight excluding hydrogens is 458 g/mol. The molecule has 0 unspecified atom stereocenters. The molecule has 0 atom stereocenters. The number of benzene rings is 2. The second-order valence-corrected chi connectivity index (χ2v) is 8.65. The SMILES string of the molecule is COc1cc(Nc2nc(-c3ccc4c(CCO)[nH]nc4c3)cn3ccnc23)ccc1N1CCOCC1. The zero-order valence-electron chi connectivity index (χ0n) is 19.9. The first-order chi connectivity index (χ1) is 17.7. The fourth-order valence-electron chi connectivity index (χ4n) is 4.64. The summed E-state index contributed by atoms with van der Waals surface area (Å²) >= 11 is 0. The van der Waals surface area contributed by atoms with Gasteiger partial charge in [-0.05, 0) is 18.2 Å². The van der Waals surface area contributed by atoms with Crippen molar-refractivity contribution in [3.05, 3.63) is 60.7 Å². The quantitative estimate of drug-likeness (QED) is 0.322. The minimum absolute atomic E-state index is 0.0745. The molecule has 1 fully saturated rings. The molecule has 36 heavy (non-hydrogen) atoms. The molecule has 0 aliphatic carbocycles. The normalized spacial score (nSPS) is 14.0. The Morgan fingerprint density at radius 2 is 2.06 bits per heavy atom. The van der Waals surface area contributed by atoms with Crippen molar-refractivity contribution in [3.8, 4) is 17.0 Å². The van der Waals surface area contributed by atoms with Gasteiger partial charge in [0.05, 0.1) is 37.2 Å². The van der Waals surface area contributed by atoms with Crippen LogP contribution in [0.3, 0.4) is 0 Å². The average molecular weight is 486 g/mol. The number of aromatic nitrogens is 5. The van der Waals surface area contributed by atoms with Crippen LogP contribution in [0.5, 0.6) is 5.75 Å². The summed E-state index contributed by atoms with van der Waals surface area (Å²) in [6.07, 6.45) is 6.15. The lowest BCUT2D eigenvalue weighted by Crippen LogP contribution is -2.36. The Hall–Kier alpha value is -4.15. The molecule has 6 rings (SSSR count). The van der Waals surface area contributed by atoms with Gasteiger partial charge in [0.1, 0.15) is 5.75 Å². The first-order valence-electron chi connectivity index (χ1n) is 11.9. The zero-order chi connectivity index (χ0) is 24.5. The smallest absolute Gasteiger partial charge is 0.180 e. The molecule has 0 radical (unpaired) electrons. The van der Waals surface area contributed by atoms with E-state index in [1.54, 1.807) is 13.3 Å². The van der Waals surface area contributed by atoms with Crippen LogP contribution in [-0.4, -0.2) is 69.7 Å². The van der Waals surface area contributed by atoms with Gasteiger partial charge >= 0.3 is 0 Å². The van der Waals surface area contributed by atoms with Gasteiger partial charge in [-0.1, -0.05) is 12.1 Å². The first kappa shape index (κ1) is 22.3. The summed E-state index contributed by atoms with van der Waals surface area (Å²) in [4.78, 5) is 11.7. The molecule has 0 saturated carbocycles. The number of ether oxygens (including phenoxy) is 2. The third kappa shape index (κ3) is 4.10. The predicted molar refractivity (Wildman–Crippen MR) is 138 cm³/mol.